The van der Waals surface area contributed by atoms with Gasteiger partial charge in [0, 0.05) is 16.6 Å². The van der Waals surface area contributed by atoms with Crippen LogP contribution in [0.3, 0.4) is 0 Å². The molecule has 0 aliphatic carbocycles. The quantitative estimate of drug-likeness (QED) is 0.630. The molecule has 2 rings (SSSR count). The monoisotopic (exact) mass is 369 g/mol. The highest BCUT2D eigenvalue weighted by Gasteiger charge is 2.30. The van der Waals surface area contributed by atoms with Gasteiger partial charge in [0.1, 0.15) is 0 Å². The van der Waals surface area contributed by atoms with Crippen molar-refractivity contribution in [2.24, 2.45) is 0 Å². The Balaban J connectivity index is 1.88. The van der Waals surface area contributed by atoms with Crippen LogP contribution in [0.1, 0.15) is 17.4 Å². The van der Waals surface area contributed by atoms with E-state index < -0.39 is 29.7 Å². The van der Waals surface area contributed by atoms with Crippen molar-refractivity contribution in [1.29, 1.82) is 0 Å². The first kappa shape index (κ1) is 18.7. The lowest BCUT2D eigenvalue weighted by atomic mass is 10.2. The van der Waals surface area contributed by atoms with E-state index in [-0.39, 0.29) is 5.69 Å². The molecule has 1 atom stereocenters. The molecule has 0 bridgehead atoms. The van der Waals surface area contributed by atoms with E-state index in [1.54, 1.807) is 6.08 Å². The van der Waals surface area contributed by atoms with E-state index in [9.17, 15) is 22.8 Å². The number of carbonyl (C=O) groups is 2. The Morgan fingerprint density at radius 1 is 1.20 bits per heavy atom. The molecule has 0 aliphatic heterocycles. The molecule has 0 radical (unpaired) electrons. The minimum atomic E-state index is -4.44. The number of amides is 1. The molecule has 1 aromatic heterocycles. The number of esters is 1. The van der Waals surface area contributed by atoms with Crippen LogP contribution < -0.4 is 5.32 Å². The molecule has 0 saturated carbocycles. The van der Waals surface area contributed by atoms with Crippen molar-refractivity contribution >= 4 is 35.0 Å². The highest BCUT2D eigenvalue weighted by atomic mass is 32.1. The van der Waals surface area contributed by atoms with Crippen LogP contribution in [0.25, 0.3) is 6.08 Å². The van der Waals surface area contributed by atoms with Crippen molar-refractivity contribution in [2.75, 3.05) is 5.32 Å². The number of hydrogen-bond donors (Lipinski definition) is 1. The second-order valence-electron chi connectivity index (χ2n) is 4.99. The van der Waals surface area contributed by atoms with E-state index in [2.05, 4.69) is 5.32 Å². The van der Waals surface area contributed by atoms with Gasteiger partial charge in [-0.05, 0) is 48.7 Å². The molecule has 8 heteroatoms. The fourth-order valence-corrected chi connectivity index (χ4v) is 2.41. The Kier molecular flexibility index (Phi) is 5.97. The largest absolute Gasteiger partial charge is 0.449 e. The normalized spacial score (nSPS) is 12.8. The predicted molar refractivity (Wildman–Crippen MR) is 89.0 cm³/mol. The Labute approximate surface area is 145 Å². The van der Waals surface area contributed by atoms with Crippen LogP contribution in [0.2, 0.25) is 0 Å². The zero-order valence-electron chi connectivity index (χ0n) is 13.0. The van der Waals surface area contributed by atoms with Crippen LogP contribution >= 0.6 is 11.3 Å². The van der Waals surface area contributed by atoms with E-state index in [4.69, 9.17) is 4.74 Å². The zero-order valence-corrected chi connectivity index (χ0v) is 13.9. The molecule has 0 fully saturated rings. The number of alkyl halides is 3. The number of rotatable bonds is 5. The summed E-state index contributed by atoms with van der Waals surface area (Å²) < 4.78 is 42.4. The Morgan fingerprint density at radius 3 is 2.44 bits per heavy atom. The fraction of sp³-hybridized carbons (Fsp3) is 0.176. The summed E-state index contributed by atoms with van der Waals surface area (Å²) in [4.78, 5) is 24.4. The third-order valence-corrected chi connectivity index (χ3v) is 3.91. The first-order valence-corrected chi connectivity index (χ1v) is 8.04. The van der Waals surface area contributed by atoms with Gasteiger partial charge in [0.25, 0.3) is 5.91 Å². The maximum Gasteiger partial charge on any atom is 0.416 e. The van der Waals surface area contributed by atoms with Crippen LogP contribution in [0.5, 0.6) is 0 Å². The molecular weight excluding hydrogens is 355 g/mol. The summed E-state index contributed by atoms with van der Waals surface area (Å²) in [5.74, 6) is -1.33. The standard InChI is InChI=1S/C17H14F3NO3S/c1-11(24-15(22)9-8-14-3-2-10-25-14)16(23)21-13-6-4-12(5-7-13)17(18,19)20/h2-11H,1H3,(H,21,23)/b9-8+/t11-/m1/s1. The van der Waals surface area contributed by atoms with Crippen molar-refractivity contribution in [2.45, 2.75) is 19.2 Å². The van der Waals surface area contributed by atoms with Gasteiger partial charge in [0.05, 0.1) is 5.56 Å². The van der Waals surface area contributed by atoms with Crippen molar-refractivity contribution < 1.29 is 27.5 Å². The summed E-state index contributed by atoms with van der Waals surface area (Å²) in [5, 5.41) is 4.24. The Hall–Kier alpha value is -2.61. The summed E-state index contributed by atoms with van der Waals surface area (Å²) in [7, 11) is 0. The van der Waals surface area contributed by atoms with Gasteiger partial charge in [-0.25, -0.2) is 4.79 Å². The van der Waals surface area contributed by atoms with Crippen LogP contribution in [-0.2, 0) is 20.5 Å². The molecular formula is C17H14F3NO3S. The molecule has 132 valence electrons. The second-order valence-corrected chi connectivity index (χ2v) is 5.97. The SMILES string of the molecule is C[C@@H](OC(=O)/C=C/c1cccs1)C(=O)Nc1ccc(C(F)(F)F)cc1. The van der Waals surface area contributed by atoms with Gasteiger partial charge in [0.15, 0.2) is 6.10 Å². The molecule has 25 heavy (non-hydrogen) atoms. The van der Waals surface area contributed by atoms with Crippen molar-refractivity contribution in [1.82, 2.24) is 0 Å². The van der Waals surface area contributed by atoms with E-state index in [1.165, 1.54) is 24.3 Å². The topological polar surface area (TPSA) is 55.4 Å². The van der Waals surface area contributed by atoms with E-state index in [0.29, 0.717) is 0 Å². The number of ether oxygens (including phenoxy) is 1. The number of carbonyl (C=O) groups excluding carboxylic acids is 2. The molecule has 1 aromatic carbocycles. The second kappa shape index (κ2) is 7.98. The molecule has 1 N–H and O–H groups in total. The number of benzene rings is 1. The first-order chi connectivity index (χ1) is 11.8. The van der Waals surface area contributed by atoms with Gasteiger partial charge in [-0.15, -0.1) is 11.3 Å². The predicted octanol–water partition coefficient (Wildman–Crippen LogP) is 4.35. The number of halogens is 3. The van der Waals surface area contributed by atoms with E-state index in [0.717, 1.165) is 29.1 Å². The number of hydrogen-bond acceptors (Lipinski definition) is 4. The maximum atomic E-state index is 12.5. The molecule has 4 nitrogen and oxygen atoms in total. The zero-order chi connectivity index (χ0) is 18.4. The highest BCUT2D eigenvalue weighted by molar-refractivity contribution is 7.10. The van der Waals surface area contributed by atoms with Gasteiger partial charge in [0.2, 0.25) is 0 Å². The molecule has 0 saturated heterocycles. The summed E-state index contributed by atoms with van der Waals surface area (Å²) in [6.07, 6.45) is -2.77. The van der Waals surface area contributed by atoms with Crippen molar-refractivity contribution in [3.63, 3.8) is 0 Å². The lowest BCUT2D eigenvalue weighted by molar-refractivity contribution is -0.148. The number of thiophene rings is 1. The summed E-state index contributed by atoms with van der Waals surface area (Å²) in [6.45, 7) is 1.37. The molecule has 1 heterocycles. The molecule has 0 unspecified atom stereocenters. The van der Waals surface area contributed by atoms with Crippen LogP contribution in [0, 0.1) is 0 Å². The molecule has 0 aliphatic rings. The lowest BCUT2D eigenvalue weighted by Crippen LogP contribution is -2.29. The Morgan fingerprint density at radius 2 is 1.88 bits per heavy atom. The first-order valence-electron chi connectivity index (χ1n) is 7.16. The minimum absolute atomic E-state index is 0.176. The minimum Gasteiger partial charge on any atom is -0.449 e. The van der Waals surface area contributed by atoms with Gasteiger partial charge in [-0.1, -0.05) is 6.07 Å². The third kappa shape index (κ3) is 5.75. The highest BCUT2D eigenvalue weighted by Crippen LogP contribution is 2.29. The fourth-order valence-electron chi connectivity index (χ4n) is 1.79. The average molecular weight is 369 g/mol. The Bertz CT molecular complexity index is 752. The summed E-state index contributed by atoms with van der Waals surface area (Å²) >= 11 is 1.44. The van der Waals surface area contributed by atoms with Gasteiger partial charge in [-0.2, -0.15) is 13.2 Å². The van der Waals surface area contributed by atoms with E-state index in [1.807, 2.05) is 17.5 Å². The van der Waals surface area contributed by atoms with Crippen molar-refractivity contribution in [3.05, 3.63) is 58.3 Å². The van der Waals surface area contributed by atoms with Crippen LogP contribution in [0.4, 0.5) is 18.9 Å². The molecule has 0 spiro atoms. The number of anilines is 1. The van der Waals surface area contributed by atoms with Crippen molar-refractivity contribution in [3.8, 4) is 0 Å². The van der Waals surface area contributed by atoms with Crippen LogP contribution in [0.15, 0.2) is 47.9 Å². The summed E-state index contributed by atoms with van der Waals surface area (Å²) in [6, 6.07) is 7.62. The van der Waals surface area contributed by atoms with Gasteiger partial charge >= 0.3 is 12.1 Å². The lowest BCUT2D eigenvalue weighted by Gasteiger charge is -2.13. The third-order valence-electron chi connectivity index (χ3n) is 3.07. The molecule has 2 aromatic rings. The summed E-state index contributed by atoms with van der Waals surface area (Å²) in [5.41, 5.74) is -0.640. The van der Waals surface area contributed by atoms with Gasteiger partial charge < -0.3 is 10.1 Å². The van der Waals surface area contributed by atoms with Crippen LogP contribution in [-0.4, -0.2) is 18.0 Å². The maximum absolute atomic E-state index is 12.5. The average Bonchev–Trinajstić information content (AvgIpc) is 3.06. The molecule has 1 amide bonds. The van der Waals surface area contributed by atoms with E-state index >= 15 is 0 Å². The smallest absolute Gasteiger partial charge is 0.416 e. The number of nitrogens with one attached hydrogen (secondary N) is 1. The van der Waals surface area contributed by atoms with Gasteiger partial charge in [-0.3, -0.25) is 4.79 Å².